The molecular weight excluding hydrogens is 434 g/mol. The Balaban J connectivity index is 0.00000225. The Labute approximate surface area is 164 Å². The number of nitrogens with zero attached hydrogens (tertiary/aromatic N) is 5. The summed E-state index contributed by atoms with van der Waals surface area (Å²) in [7, 11) is 1.97. The van der Waals surface area contributed by atoms with Crippen molar-refractivity contribution in [3.05, 3.63) is 47.3 Å². The molecule has 3 rings (SSSR count). The van der Waals surface area contributed by atoms with Crippen LogP contribution in [0.15, 0.2) is 29.3 Å². The molecule has 0 saturated heterocycles. The minimum Gasteiger partial charge on any atom is -0.357 e. The average molecular weight is 458 g/mol. The lowest BCUT2D eigenvalue weighted by atomic mass is 10.2. The molecule has 25 heavy (non-hydrogen) atoms. The first-order valence-electron chi connectivity index (χ1n) is 8.32. The fraction of sp³-hybridized carbons (Fsp3) is 0.471. The van der Waals surface area contributed by atoms with Crippen molar-refractivity contribution in [2.75, 3.05) is 13.6 Å². The molecule has 1 N–H and O–H groups in total. The second-order valence-electron chi connectivity index (χ2n) is 5.94. The van der Waals surface area contributed by atoms with Crippen LogP contribution in [0.3, 0.4) is 0 Å². The Kier molecular flexibility index (Phi) is 7.15. The first-order valence-corrected chi connectivity index (χ1v) is 8.32. The number of hydrogen-bond donors (Lipinski definition) is 1. The van der Waals surface area contributed by atoms with Crippen molar-refractivity contribution in [2.24, 2.45) is 4.99 Å². The second kappa shape index (κ2) is 9.12. The van der Waals surface area contributed by atoms with Gasteiger partial charge in [-0.15, -0.1) is 34.2 Å². The summed E-state index contributed by atoms with van der Waals surface area (Å²) >= 11 is 0. The highest BCUT2D eigenvalue weighted by molar-refractivity contribution is 14.0. The van der Waals surface area contributed by atoms with Crippen LogP contribution in [-0.2, 0) is 26.1 Å². The summed E-state index contributed by atoms with van der Waals surface area (Å²) in [5.41, 5.74) is 1.04. The molecular formula is C17H24FIN6. The molecule has 0 spiro atoms. The van der Waals surface area contributed by atoms with Gasteiger partial charge in [0, 0.05) is 33.1 Å². The normalized spacial score (nSPS) is 13.3. The molecule has 1 aliphatic heterocycles. The van der Waals surface area contributed by atoms with Crippen LogP contribution in [0.1, 0.15) is 30.6 Å². The van der Waals surface area contributed by atoms with E-state index in [1.54, 1.807) is 12.1 Å². The second-order valence-corrected chi connectivity index (χ2v) is 5.94. The van der Waals surface area contributed by atoms with Gasteiger partial charge in [-0.25, -0.2) is 9.38 Å². The van der Waals surface area contributed by atoms with E-state index >= 15 is 0 Å². The first-order chi connectivity index (χ1) is 11.7. The van der Waals surface area contributed by atoms with Crippen molar-refractivity contribution >= 4 is 29.9 Å². The van der Waals surface area contributed by atoms with Gasteiger partial charge in [-0.3, -0.25) is 0 Å². The number of hydrogen-bond acceptors (Lipinski definition) is 3. The van der Waals surface area contributed by atoms with Gasteiger partial charge in [0.1, 0.15) is 18.2 Å². The fourth-order valence-corrected chi connectivity index (χ4v) is 2.88. The molecule has 0 bridgehead atoms. The number of benzene rings is 1. The number of aryl methyl sites for hydroxylation is 1. The number of halogens is 2. The molecule has 2 aromatic rings. The van der Waals surface area contributed by atoms with Crippen molar-refractivity contribution in [1.82, 2.24) is 25.0 Å². The topological polar surface area (TPSA) is 58.3 Å². The van der Waals surface area contributed by atoms with E-state index in [-0.39, 0.29) is 29.8 Å². The lowest BCUT2D eigenvalue weighted by Crippen LogP contribution is -2.38. The summed E-state index contributed by atoms with van der Waals surface area (Å²) in [6.45, 7) is 4.96. The smallest absolute Gasteiger partial charge is 0.194 e. The van der Waals surface area contributed by atoms with Crippen LogP contribution in [0.25, 0.3) is 0 Å². The third kappa shape index (κ3) is 4.90. The van der Waals surface area contributed by atoms with E-state index in [9.17, 15) is 4.39 Å². The van der Waals surface area contributed by atoms with Gasteiger partial charge in [0.2, 0.25) is 0 Å². The summed E-state index contributed by atoms with van der Waals surface area (Å²) in [5.74, 6) is 2.55. The zero-order chi connectivity index (χ0) is 16.9. The molecule has 0 saturated carbocycles. The maximum absolute atomic E-state index is 13.0. The van der Waals surface area contributed by atoms with E-state index in [2.05, 4.69) is 25.1 Å². The van der Waals surface area contributed by atoms with Crippen LogP contribution in [-0.4, -0.2) is 39.2 Å². The molecule has 0 unspecified atom stereocenters. The molecule has 1 aliphatic rings. The van der Waals surface area contributed by atoms with E-state index in [0.717, 1.165) is 49.1 Å². The SMILES string of the molecule is CCNC(=NCc1nnc2n1CCC2)N(C)Cc1ccc(F)cc1.I. The van der Waals surface area contributed by atoms with E-state index in [1.165, 1.54) is 12.1 Å². The van der Waals surface area contributed by atoms with E-state index in [4.69, 9.17) is 0 Å². The summed E-state index contributed by atoms with van der Waals surface area (Å²) in [4.78, 5) is 6.71. The minimum atomic E-state index is -0.220. The highest BCUT2D eigenvalue weighted by Gasteiger charge is 2.17. The number of nitrogens with one attached hydrogen (secondary N) is 1. The predicted octanol–water partition coefficient (Wildman–Crippen LogP) is 2.58. The van der Waals surface area contributed by atoms with Crippen molar-refractivity contribution < 1.29 is 4.39 Å². The molecule has 0 radical (unpaired) electrons. The van der Waals surface area contributed by atoms with Crippen molar-refractivity contribution in [3.8, 4) is 0 Å². The van der Waals surface area contributed by atoms with Gasteiger partial charge in [-0.2, -0.15) is 0 Å². The van der Waals surface area contributed by atoms with Crippen LogP contribution in [0.2, 0.25) is 0 Å². The molecule has 0 amide bonds. The van der Waals surface area contributed by atoms with Gasteiger partial charge < -0.3 is 14.8 Å². The fourth-order valence-electron chi connectivity index (χ4n) is 2.88. The summed E-state index contributed by atoms with van der Waals surface area (Å²) in [6, 6.07) is 6.54. The largest absolute Gasteiger partial charge is 0.357 e. The number of aromatic nitrogens is 3. The molecule has 1 aromatic carbocycles. The van der Waals surface area contributed by atoms with Crippen LogP contribution in [0.5, 0.6) is 0 Å². The van der Waals surface area contributed by atoms with Crippen LogP contribution in [0, 0.1) is 5.82 Å². The van der Waals surface area contributed by atoms with Gasteiger partial charge in [0.25, 0.3) is 0 Å². The number of aliphatic imine (C=N–C) groups is 1. The van der Waals surface area contributed by atoms with Gasteiger partial charge in [0.15, 0.2) is 11.8 Å². The lowest BCUT2D eigenvalue weighted by Gasteiger charge is -2.22. The third-order valence-corrected chi connectivity index (χ3v) is 4.09. The van der Waals surface area contributed by atoms with Crippen LogP contribution < -0.4 is 5.32 Å². The molecule has 0 atom stereocenters. The molecule has 2 heterocycles. The summed E-state index contributed by atoms with van der Waals surface area (Å²) in [5, 5.41) is 11.7. The molecule has 0 aliphatic carbocycles. The quantitative estimate of drug-likeness (QED) is 0.425. The average Bonchev–Trinajstić information content (AvgIpc) is 3.17. The molecule has 8 heteroatoms. The Hall–Kier alpha value is -1.71. The van der Waals surface area contributed by atoms with Gasteiger partial charge in [-0.05, 0) is 31.0 Å². The molecule has 6 nitrogen and oxygen atoms in total. The lowest BCUT2D eigenvalue weighted by molar-refractivity contribution is 0.475. The number of fused-ring (bicyclic) bond motifs is 1. The predicted molar refractivity (Wildman–Crippen MR) is 106 cm³/mol. The summed E-state index contributed by atoms with van der Waals surface area (Å²) < 4.78 is 15.2. The maximum Gasteiger partial charge on any atom is 0.194 e. The van der Waals surface area contributed by atoms with E-state index in [1.807, 2.05) is 18.9 Å². The minimum absolute atomic E-state index is 0. The van der Waals surface area contributed by atoms with Gasteiger partial charge >= 0.3 is 0 Å². The third-order valence-electron chi connectivity index (χ3n) is 4.09. The number of guanidine groups is 1. The molecule has 136 valence electrons. The zero-order valence-corrected chi connectivity index (χ0v) is 16.9. The standard InChI is InChI=1S/C17H23FN6.HI/c1-3-19-17(23(2)12-13-6-8-14(18)9-7-13)20-11-16-22-21-15-5-4-10-24(15)16;/h6-9H,3-5,10-12H2,1-2H3,(H,19,20);1H. The number of rotatable bonds is 5. The van der Waals surface area contributed by atoms with E-state index in [0.29, 0.717) is 13.1 Å². The highest BCUT2D eigenvalue weighted by Crippen LogP contribution is 2.14. The Bertz CT molecular complexity index is 712. The van der Waals surface area contributed by atoms with Crippen LogP contribution in [0.4, 0.5) is 4.39 Å². The Morgan fingerprint density at radius 1 is 1.32 bits per heavy atom. The van der Waals surface area contributed by atoms with Gasteiger partial charge in [0.05, 0.1) is 0 Å². The first kappa shape index (κ1) is 19.6. The summed E-state index contributed by atoms with van der Waals surface area (Å²) in [6.07, 6.45) is 2.13. The van der Waals surface area contributed by atoms with Crippen LogP contribution >= 0.6 is 24.0 Å². The van der Waals surface area contributed by atoms with Crippen molar-refractivity contribution in [3.63, 3.8) is 0 Å². The molecule has 1 aromatic heterocycles. The van der Waals surface area contributed by atoms with Crippen molar-refractivity contribution in [1.29, 1.82) is 0 Å². The monoisotopic (exact) mass is 458 g/mol. The highest BCUT2D eigenvalue weighted by atomic mass is 127. The Morgan fingerprint density at radius 2 is 2.08 bits per heavy atom. The Morgan fingerprint density at radius 3 is 2.80 bits per heavy atom. The van der Waals surface area contributed by atoms with E-state index < -0.39 is 0 Å². The zero-order valence-electron chi connectivity index (χ0n) is 14.6. The van der Waals surface area contributed by atoms with Gasteiger partial charge in [-0.1, -0.05) is 12.1 Å². The maximum atomic E-state index is 13.0. The van der Waals surface area contributed by atoms with Crippen molar-refractivity contribution in [2.45, 2.75) is 39.4 Å². The molecule has 0 fully saturated rings.